The molecule has 3 rings (SSSR count). The second-order valence-corrected chi connectivity index (χ2v) is 5.38. The molecule has 1 fully saturated rings. The standard InChI is InChI=1S/C15H17N3O2/c1-8-3-4-12-10(5-8)6-11(17-12)7-13-15(20)16-9(2)14(19)18-13/h3-6,9,13,17H,7H2,1-2H3,(H,16,20)(H,18,19). The van der Waals surface area contributed by atoms with Gasteiger partial charge in [0.2, 0.25) is 11.8 Å². The average molecular weight is 271 g/mol. The Labute approximate surface area is 116 Å². The highest BCUT2D eigenvalue weighted by molar-refractivity contribution is 5.96. The lowest BCUT2D eigenvalue weighted by atomic mass is 10.1. The van der Waals surface area contributed by atoms with Crippen molar-refractivity contribution >= 4 is 22.7 Å². The molecule has 2 atom stereocenters. The summed E-state index contributed by atoms with van der Waals surface area (Å²) >= 11 is 0. The summed E-state index contributed by atoms with van der Waals surface area (Å²) in [4.78, 5) is 26.8. The monoisotopic (exact) mass is 271 g/mol. The predicted octanol–water partition coefficient (Wildman–Crippen LogP) is 1.02. The minimum atomic E-state index is -0.507. The van der Waals surface area contributed by atoms with Crippen LogP contribution in [-0.4, -0.2) is 28.9 Å². The van der Waals surface area contributed by atoms with Crippen molar-refractivity contribution in [2.24, 2.45) is 0 Å². The number of rotatable bonds is 2. The topological polar surface area (TPSA) is 74.0 Å². The average Bonchev–Trinajstić information content (AvgIpc) is 2.77. The first-order valence-corrected chi connectivity index (χ1v) is 6.72. The third-order valence-corrected chi connectivity index (χ3v) is 3.64. The van der Waals surface area contributed by atoms with E-state index in [9.17, 15) is 9.59 Å². The number of nitrogens with one attached hydrogen (secondary N) is 3. The Morgan fingerprint density at radius 3 is 2.70 bits per heavy atom. The molecule has 1 aliphatic rings. The van der Waals surface area contributed by atoms with Crippen LogP contribution < -0.4 is 10.6 Å². The number of amides is 2. The second kappa shape index (κ2) is 4.67. The van der Waals surface area contributed by atoms with Crippen molar-refractivity contribution in [3.05, 3.63) is 35.5 Å². The molecular formula is C15H17N3O2. The fourth-order valence-corrected chi connectivity index (χ4v) is 2.53. The maximum absolute atomic E-state index is 11.9. The van der Waals surface area contributed by atoms with E-state index in [1.807, 2.05) is 25.1 Å². The van der Waals surface area contributed by atoms with Crippen LogP contribution in [0, 0.1) is 6.92 Å². The van der Waals surface area contributed by atoms with Crippen LogP contribution in [0.1, 0.15) is 18.2 Å². The van der Waals surface area contributed by atoms with Crippen molar-refractivity contribution in [1.29, 1.82) is 0 Å². The van der Waals surface area contributed by atoms with Crippen molar-refractivity contribution in [3.8, 4) is 0 Å². The van der Waals surface area contributed by atoms with Crippen LogP contribution in [0.15, 0.2) is 24.3 Å². The summed E-state index contributed by atoms with van der Waals surface area (Å²) < 4.78 is 0. The van der Waals surface area contributed by atoms with Crippen LogP contribution in [0.5, 0.6) is 0 Å². The highest BCUT2D eigenvalue weighted by atomic mass is 16.2. The molecule has 3 N–H and O–H groups in total. The van der Waals surface area contributed by atoms with Crippen LogP contribution in [0.2, 0.25) is 0 Å². The molecule has 20 heavy (non-hydrogen) atoms. The number of carbonyl (C=O) groups excluding carboxylic acids is 2. The number of piperazine rings is 1. The molecule has 2 unspecified atom stereocenters. The van der Waals surface area contributed by atoms with Crippen LogP contribution in [-0.2, 0) is 16.0 Å². The lowest BCUT2D eigenvalue weighted by Crippen LogP contribution is -2.61. The van der Waals surface area contributed by atoms with Gasteiger partial charge >= 0.3 is 0 Å². The number of carbonyl (C=O) groups is 2. The van der Waals surface area contributed by atoms with Gasteiger partial charge in [0, 0.05) is 17.6 Å². The zero-order valence-corrected chi connectivity index (χ0v) is 11.5. The number of benzene rings is 1. The van der Waals surface area contributed by atoms with Gasteiger partial charge in [0.05, 0.1) is 0 Å². The van der Waals surface area contributed by atoms with Crippen molar-refractivity contribution in [3.63, 3.8) is 0 Å². The molecule has 1 aromatic heterocycles. The molecule has 0 aliphatic carbocycles. The molecule has 2 amide bonds. The van der Waals surface area contributed by atoms with E-state index >= 15 is 0 Å². The third kappa shape index (κ3) is 2.27. The van der Waals surface area contributed by atoms with E-state index in [0.717, 1.165) is 16.6 Å². The third-order valence-electron chi connectivity index (χ3n) is 3.64. The zero-order valence-electron chi connectivity index (χ0n) is 11.5. The van der Waals surface area contributed by atoms with E-state index in [1.165, 1.54) is 5.56 Å². The maximum atomic E-state index is 11.9. The summed E-state index contributed by atoms with van der Waals surface area (Å²) in [5.41, 5.74) is 3.18. The van der Waals surface area contributed by atoms with Crippen molar-refractivity contribution in [1.82, 2.24) is 15.6 Å². The van der Waals surface area contributed by atoms with Crippen LogP contribution in [0.4, 0.5) is 0 Å². The van der Waals surface area contributed by atoms with Gasteiger partial charge in [-0.1, -0.05) is 11.6 Å². The zero-order chi connectivity index (χ0) is 14.3. The smallest absolute Gasteiger partial charge is 0.243 e. The molecule has 1 aliphatic heterocycles. The van der Waals surface area contributed by atoms with Crippen molar-refractivity contribution in [2.75, 3.05) is 0 Å². The molecule has 2 aromatic rings. The van der Waals surface area contributed by atoms with E-state index in [-0.39, 0.29) is 11.8 Å². The van der Waals surface area contributed by atoms with Crippen LogP contribution >= 0.6 is 0 Å². The quantitative estimate of drug-likeness (QED) is 0.763. The van der Waals surface area contributed by atoms with E-state index in [1.54, 1.807) is 6.92 Å². The van der Waals surface area contributed by atoms with Gasteiger partial charge in [0.25, 0.3) is 0 Å². The number of hydrogen-bond acceptors (Lipinski definition) is 2. The fourth-order valence-electron chi connectivity index (χ4n) is 2.53. The first-order chi connectivity index (χ1) is 9.52. The number of H-pyrrole nitrogens is 1. The summed E-state index contributed by atoms with van der Waals surface area (Å²) in [5, 5.41) is 6.55. The largest absolute Gasteiger partial charge is 0.358 e. The summed E-state index contributed by atoms with van der Waals surface area (Å²) in [6.07, 6.45) is 0.470. The molecule has 1 saturated heterocycles. The van der Waals surface area contributed by atoms with Gasteiger partial charge in [0.1, 0.15) is 12.1 Å². The lowest BCUT2D eigenvalue weighted by molar-refractivity contribution is -0.136. The van der Waals surface area contributed by atoms with E-state index in [4.69, 9.17) is 0 Å². The summed E-state index contributed by atoms with van der Waals surface area (Å²) in [5.74, 6) is -0.270. The second-order valence-electron chi connectivity index (χ2n) is 5.38. The number of aromatic amines is 1. The van der Waals surface area contributed by atoms with Gasteiger partial charge in [0.15, 0.2) is 0 Å². The molecule has 1 aromatic carbocycles. The first kappa shape index (κ1) is 12.7. The Morgan fingerprint density at radius 1 is 1.10 bits per heavy atom. The molecule has 2 heterocycles. The van der Waals surface area contributed by atoms with E-state index in [0.29, 0.717) is 6.42 Å². The Balaban J connectivity index is 1.82. The number of aromatic nitrogens is 1. The molecular weight excluding hydrogens is 254 g/mol. The van der Waals surface area contributed by atoms with Gasteiger partial charge in [-0.15, -0.1) is 0 Å². The highest BCUT2D eigenvalue weighted by Crippen LogP contribution is 2.18. The number of aryl methyl sites for hydroxylation is 1. The Bertz CT molecular complexity index is 689. The summed E-state index contributed by atoms with van der Waals surface area (Å²) in [6, 6.07) is 7.23. The first-order valence-electron chi connectivity index (χ1n) is 6.72. The van der Waals surface area contributed by atoms with Gasteiger partial charge in [-0.3, -0.25) is 9.59 Å². The maximum Gasteiger partial charge on any atom is 0.243 e. The van der Waals surface area contributed by atoms with Crippen LogP contribution in [0.3, 0.4) is 0 Å². The number of hydrogen-bond donors (Lipinski definition) is 3. The fraction of sp³-hybridized carbons (Fsp3) is 0.333. The molecule has 0 radical (unpaired) electrons. The normalized spacial score (nSPS) is 22.7. The Morgan fingerprint density at radius 2 is 1.90 bits per heavy atom. The van der Waals surface area contributed by atoms with Crippen molar-refractivity contribution < 1.29 is 9.59 Å². The molecule has 5 nitrogen and oxygen atoms in total. The molecule has 0 bridgehead atoms. The molecule has 0 spiro atoms. The van der Waals surface area contributed by atoms with E-state index in [2.05, 4.69) is 21.7 Å². The Kier molecular flexibility index (Phi) is 2.97. The molecule has 5 heteroatoms. The Hall–Kier alpha value is -2.30. The van der Waals surface area contributed by atoms with Gasteiger partial charge < -0.3 is 15.6 Å². The summed E-state index contributed by atoms with van der Waals surface area (Å²) in [7, 11) is 0. The van der Waals surface area contributed by atoms with Gasteiger partial charge in [-0.25, -0.2) is 0 Å². The predicted molar refractivity (Wildman–Crippen MR) is 76.3 cm³/mol. The minimum absolute atomic E-state index is 0.132. The molecule has 0 saturated carbocycles. The van der Waals surface area contributed by atoms with Gasteiger partial charge in [-0.2, -0.15) is 0 Å². The van der Waals surface area contributed by atoms with Crippen molar-refractivity contribution in [2.45, 2.75) is 32.4 Å². The van der Waals surface area contributed by atoms with Crippen LogP contribution in [0.25, 0.3) is 10.9 Å². The highest BCUT2D eigenvalue weighted by Gasteiger charge is 2.31. The van der Waals surface area contributed by atoms with Gasteiger partial charge in [-0.05, 0) is 37.4 Å². The lowest BCUT2D eigenvalue weighted by Gasteiger charge is -2.27. The molecule has 104 valence electrons. The summed E-state index contributed by atoms with van der Waals surface area (Å²) in [6.45, 7) is 3.72. The minimum Gasteiger partial charge on any atom is -0.358 e. The SMILES string of the molecule is Cc1ccc2[nH]c(CC3NC(=O)C(C)NC3=O)cc2c1. The number of fused-ring (bicyclic) bond motifs is 1. The van der Waals surface area contributed by atoms with E-state index < -0.39 is 12.1 Å².